The number of benzene rings is 2. The number of nitrogens with one attached hydrogen (secondary N) is 1. The smallest absolute Gasteiger partial charge is 0.416 e. The quantitative estimate of drug-likeness (QED) is 0.676. The van der Waals surface area contributed by atoms with Crippen LogP contribution in [0.2, 0.25) is 0 Å². The van der Waals surface area contributed by atoms with Crippen molar-refractivity contribution >= 4 is 11.7 Å². The standard InChI is InChI=1S/C16H13F4NO2/c1-23-15(22)14(21-13-5-3-2-4-12(13)17)10-6-8-11(9-7-10)16(18,19)20/h2-9,14,21H,1H3. The van der Waals surface area contributed by atoms with E-state index in [2.05, 4.69) is 10.1 Å². The summed E-state index contributed by atoms with van der Waals surface area (Å²) in [6.45, 7) is 0. The van der Waals surface area contributed by atoms with Crippen molar-refractivity contribution in [3.05, 3.63) is 65.5 Å². The Morgan fingerprint density at radius 2 is 1.70 bits per heavy atom. The lowest BCUT2D eigenvalue weighted by atomic mass is 10.0. The van der Waals surface area contributed by atoms with Crippen LogP contribution in [0.1, 0.15) is 17.2 Å². The molecular formula is C16H13F4NO2. The fourth-order valence-electron chi connectivity index (χ4n) is 1.99. The molecule has 0 heterocycles. The third-order valence-electron chi connectivity index (χ3n) is 3.18. The monoisotopic (exact) mass is 327 g/mol. The van der Waals surface area contributed by atoms with Gasteiger partial charge in [-0.2, -0.15) is 13.2 Å². The molecule has 0 spiro atoms. The Morgan fingerprint density at radius 1 is 1.09 bits per heavy atom. The predicted octanol–water partition coefficient (Wildman–Crippen LogP) is 4.17. The van der Waals surface area contributed by atoms with Crippen molar-refractivity contribution in [1.29, 1.82) is 0 Å². The molecule has 0 saturated heterocycles. The summed E-state index contributed by atoms with van der Waals surface area (Å²) in [6, 6.07) is 8.54. The first kappa shape index (κ1) is 16.8. The Kier molecular flexibility index (Phi) is 4.88. The van der Waals surface area contributed by atoms with Crippen LogP contribution in [0.25, 0.3) is 0 Å². The molecule has 23 heavy (non-hydrogen) atoms. The molecule has 1 atom stereocenters. The number of alkyl halides is 3. The van der Waals surface area contributed by atoms with Crippen molar-refractivity contribution in [2.24, 2.45) is 0 Å². The Morgan fingerprint density at radius 3 is 2.22 bits per heavy atom. The van der Waals surface area contributed by atoms with Gasteiger partial charge in [-0.3, -0.25) is 0 Å². The van der Waals surface area contributed by atoms with E-state index in [1.165, 1.54) is 18.2 Å². The fourth-order valence-corrected chi connectivity index (χ4v) is 1.99. The van der Waals surface area contributed by atoms with E-state index in [0.29, 0.717) is 0 Å². The Labute approximate surface area is 129 Å². The van der Waals surface area contributed by atoms with Gasteiger partial charge in [0.1, 0.15) is 5.82 Å². The molecule has 0 saturated carbocycles. The predicted molar refractivity (Wildman–Crippen MR) is 76.2 cm³/mol. The van der Waals surface area contributed by atoms with Crippen LogP contribution in [0.4, 0.5) is 23.2 Å². The molecule has 0 amide bonds. The van der Waals surface area contributed by atoms with Gasteiger partial charge in [-0.25, -0.2) is 9.18 Å². The van der Waals surface area contributed by atoms with Gasteiger partial charge in [-0.15, -0.1) is 0 Å². The number of ether oxygens (including phenoxy) is 1. The maximum absolute atomic E-state index is 13.7. The lowest BCUT2D eigenvalue weighted by Crippen LogP contribution is -2.23. The van der Waals surface area contributed by atoms with Crippen LogP contribution in [0.3, 0.4) is 0 Å². The van der Waals surface area contributed by atoms with Crippen molar-refractivity contribution < 1.29 is 27.1 Å². The summed E-state index contributed by atoms with van der Waals surface area (Å²) in [5.74, 6) is -1.33. The molecule has 2 rings (SSSR count). The van der Waals surface area contributed by atoms with Crippen LogP contribution >= 0.6 is 0 Å². The molecule has 2 aromatic carbocycles. The van der Waals surface area contributed by atoms with Gasteiger partial charge in [0.05, 0.1) is 18.4 Å². The minimum absolute atomic E-state index is 0.0443. The number of anilines is 1. The molecule has 0 aliphatic carbocycles. The highest BCUT2D eigenvalue weighted by atomic mass is 19.4. The number of hydrogen-bond donors (Lipinski definition) is 1. The topological polar surface area (TPSA) is 38.3 Å². The van der Waals surface area contributed by atoms with Crippen LogP contribution < -0.4 is 5.32 Å². The molecule has 0 radical (unpaired) electrons. The third-order valence-corrected chi connectivity index (χ3v) is 3.18. The second-order valence-corrected chi connectivity index (χ2v) is 4.70. The molecule has 3 nitrogen and oxygen atoms in total. The van der Waals surface area contributed by atoms with Crippen molar-refractivity contribution in [3.8, 4) is 0 Å². The summed E-state index contributed by atoms with van der Waals surface area (Å²) in [6.07, 6.45) is -4.47. The number of halogens is 4. The minimum atomic E-state index is -4.47. The van der Waals surface area contributed by atoms with Crippen LogP contribution in [0.15, 0.2) is 48.5 Å². The normalized spacial score (nSPS) is 12.6. The van der Waals surface area contributed by atoms with Crippen molar-refractivity contribution in [2.45, 2.75) is 12.2 Å². The number of methoxy groups -OCH3 is 1. The number of carbonyl (C=O) groups is 1. The molecule has 122 valence electrons. The van der Waals surface area contributed by atoms with Gasteiger partial charge in [-0.05, 0) is 29.8 Å². The molecule has 1 unspecified atom stereocenters. The lowest BCUT2D eigenvalue weighted by Gasteiger charge is -2.19. The first-order chi connectivity index (χ1) is 10.8. The SMILES string of the molecule is COC(=O)C(Nc1ccccc1F)c1ccc(C(F)(F)F)cc1. The van der Waals surface area contributed by atoms with E-state index < -0.39 is 29.6 Å². The van der Waals surface area contributed by atoms with Gasteiger partial charge in [0, 0.05) is 0 Å². The average molecular weight is 327 g/mol. The highest BCUT2D eigenvalue weighted by Gasteiger charge is 2.31. The molecule has 2 aromatic rings. The number of para-hydroxylation sites is 1. The molecule has 0 aliphatic rings. The van der Waals surface area contributed by atoms with Crippen molar-refractivity contribution in [3.63, 3.8) is 0 Å². The van der Waals surface area contributed by atoms with Gasteiger partial charge in [0.2, 0.25) is 0 Å². The molecule has 0 aromatic heterocycles. The first-order valence-corrected chi connectivity index (χ1v) is 6.59. The van der Waals surface area contributed by atoms with E-state index in [0.717, 1.165) is 31.4 Å². The van der Waals surface area contributed by atoms with E-state index in [1.54, 1.807) is 6.07 Å². The summed E-state index contributed by atoms with van der Waals surface area (Å²) in [4.78, 5) is 11.9. The molecule has 0 aliphatic heterocycles. The van der Waals surface area contributed by atoms with Gasteiger partial charge in [0.15, 0.2) is 6.04 Å². The highest BCUT2D eigenvalue weighted by molar-refractivity contribution is 5.81. The van der Waals surface area contributed by atoms with Gasteiger partial charge in [0.25, 0.3) is 0 Å². The minimum Gasteiger partial charge on any atom is -0.467 e. The van der Waals surface area contributed by atoms with E-state index in [-0.39, 0.29) is 11.3 Å². The zero-order chi connectivity index (χ0) is 17.0. The van der Waals surface area contributed by atoms with Crippen LogP contribution in [0.5, 0.6) is 0 Å². The van der Waals surface area contributed by atoms with E-state index in [4.69, 9.17) is 0 Å². The third kappa shape index (κ3) is 4.00. The molecule has 7 heteroatoms. The lowest BCUT2D eigenvalue weighted by molar-refractivity contribution is -0.141. The summed E-state index contributed by atoms with van der Waals surface area (Å²) in [5, 5.41) is 2.64. The number of rotatable bonds is 4. The van der Waals surface area contributed by atoms with Crippen LogP contribution in [-0.2, 0) is 15.7 Å². The zero-order valence-electron chi connectivity index (χ0n) is 12.0. The second-order valence-electron chi connectivity index (χ2n) is 4.70. The molecular weight excluding hydrogens is 314 g/mol. The number of hydrogen-bond acceptors (Lipinski definition) is 3. The van der Waals surface area contributed by atoms with Crippen molar-refractivity contribution in [1.82, 2.24) is 0 Å². The summed E-state index contributed by atoms with van der Waals surface area (Å²) < 4.78 is 56.1. The maximum Gasteiger partial charge on any atom is 0.416 e. The number of carbonyl (C=O) groups excluding carboxylic acids is 1. The maximum atomic E-state index is 13.7. The second kappa shape index (κ2) is 6.68. The van der Waals surface area contributed by atoms with E-state index in [9.17, 15) is 22.4 Å². The number of esters is 1. The van der Waals surface area contributed by atoms with Gasteiger partial charge < -0.3 is 10.1 Å². The van der Waals surface area contributed by atoms with Gasteiger partial charge in [-0.1, -0.05) is 24.3 Å². The van der Waals surface area contributed by atoms with Crippen molar-refractivity contribution in [2.75, 3.05) is 12.4 Å². The Bertz CT molecular complexity index is 683. The first-order valence-electron chi connectivity index (χ1n) is 6.59. The zero-order valence-corrected chi connectivity index (χ0v) is 12.0. The molecule has 1 N–H and O–H groups in total. The highest BCUT2D eigenvalue weighted by Crippen LogP contribution is 2.31. The van der Waals surface area contributed by atoms with E-state index >= 15 is 0 Å². The molecule has 0 fully saturated rings. The summed E-state index contributed by atoms with van der Waals surface area (Å²) in [5.41, 5.74) is -0.563. The van der Waals surface area contributed by atoms with E-state index in [1.807, 2.05) is 0 Å². The largest absolute Gasteiger partial charge is 0.467 e. The van der Waals surface area contributed by atoms with Gasteiger partial charge >= 0.3 is 12.1 Å². The average Bonchev–Trinajstić information content (AvgIpc) is 2.53. The molecule has 0 bridgehead atoms. The summed E-state index contributed by atoms with van der Waals surface area (Å²) in [7, 11) is 1.14. The fraction of sp³-hybridized carbons (Fsp3) is 0.188. The Balaban J connectivity index is 2.32. The summed E-state index contributed by atoms with van der Waals surface area (Å²) >= 11 is 0. The van der Waals surface area contributed by atoms with Crippen LogP contribution in [-0.4, -0.2) is 13.1 Å². The van der Waals surface area contributed by atoms with Crippen LogP contribution in [0, 0.1) is 5.82 Å². The Hall–Kier alpha value is -2.57.